The number of aliphatic imine (C=N–C) groups is 1. The van der Waals surface area contributed by atoms with Crippen molar-refractivity contribution < 1.29 is 13.2 Å². The molecule has 0 heterocycles. The maximum atomic E-state index is 12.6. The summed E-state index contributed by atoms with van der Waals surface area (Å²) in [4.78, 5) is 4.97. The zero-order chi connectivity index (χ0) is 21.3. The molecule has 0 unspecified atom stereocenters. The number of hydrogen-bond acceptors (Lipinski definition) is 4. The molecule has 1 aromatic carbocycles. The standard InChI is InChI=1S/C21H36N4O3S.HI/c1-5-22-20(24-17-21(14-15-28-4)12-8-9-13-21)23-16-18-10-6-7-11-19(18)29(26,27)25(2)3;/h6-7,10-11H,5,8-9,12-17H2,1-4H3,(H2,22,23,24);1H. The van der Waals surface area contributed by atoms with Gasteiger partial charge in [-0.1, -0.05) is 31.0 Å². The first kappa shape index (κ1) is 27.1. The second-order valence-corrected chi connectivity index (χ2v) is 10.0. The van der Waals surface area contributed by atoms with Crippen LogP contribution in [0.5, 0.6) is 0 Å². The molecule has 2 N–H and O–H groups in total. The number of halogens is 1. The van der Waals surface area contributed by atoms with Crippen molar-refractivity contribution in [3.63, 3.8) is 0 Å². The van der Waals surface area contributed by atoms with Gasteiger partial charge in [0.25, 0.3) is 0 Å². The highest BCUT2D eigenvalue weighted by molar-refractivity contribution is 14.0. The topological polar surface area (TPSA) is 83.0 Å². The van der Waals surface area contributed by atoms with E-state index in [1.807, 2.05) is 19.1 Å². The average Bonchev–Trinajstić information content (AvgIpc) is 3.18. The fourth-order valence-corrected chi connectivity index (χ4v) is 4.93. The molecule has 0 atom stereocenters. The first-order valence-corrected chi connectivity index (χ1v) is 11.8. The lowest BCUT2D eigenvalue weighted by Crippen LogP contribution is -2.43. The van der Waals surface area contributed by atoms with Crippen LogP contribution in [0.3, 0.4) is 0 Å². The van der Waals surface area contributed by atoms with E-state index in [1.54, 1.807) is 33.3 Å². The highest BCUT2D eigenvalue weighted by atomic mass is 127. The van der Waals surface area contributed by atoms with Gasteiger partial charge in [0, 0.05) is 40.9 Å². The lowest BCUT2D eigenvalue weighted by atomic mass is 9.83. The summed E-state index contributed by atoms with van der Waals surface area (Å²) in [6.45, 7) is 4.68. The molecule has 1 aliphatic carbocycles. The molecule has 9 heteroatoms. The molecular weight excluding hydrogens is 515 g/mol. The Morgan fingerprint density at radius 3 is 2.47 bits per heavy atom. The second kappa shape index (κ2) is 12.8. The van der Waals surface area contributed by atoms with E-state index >= 15 is 0 Å². The Kier molecular flexibility index (Phi) is 11.6. The van der Waals surface area contributed by atoms with Gasteiger partial charge in [-0.2, -0.15) is 0 Å². The number of sulfonamides is 1. The van der Waals surface area contributed by atoms with Gasteiger partial charge >= 0.3 is 0 Å². The Bertz CT molecular complexity index is 778. The average molecular weight is 553 g/mol. The van der Waals surface area contributed by atoms with Crippen molar-refractivity contribution in [2.24, 2.45) is 10.4 Å². The predicted molar refractivity (Wildman–Crippen MR) is 133 cm³/mol. The fraction of sp³-hybridized carbons (Fsp3) is 0.667. The molecule has 1 aromatic rings. The first-order chi connectivity index (χ1) is 13.8. The van der Waals surface area contributed by atoms with E-state index < -0.39 is 10.0 Å². The summed E-state index contributed by atoms with van der Waals surface area (Å²) in [7, 11) is 1.33. The minimum absolute atomic E-state index is 0. The molecule has 0 amide bonds. The monoisotopic (exact) mass is 552 g/mol. The van der Waals surface area contributed by atoms with E-state index in [0.29, 0.717) is 23.0 Å². The molecule has 1 saturated carbocycles. The second-order valence-electron chi connectivity index (χ2n) is 7.89. The van der Waals surface area contributed by atoms with Crippen molar-refractivity contribution in [3.8, 4) is 0 Å². The number of benzene rings is 1. The maximum absolute atomic E-state index is 12.6. The Hall–Kier alpha value is -0.910. The Morgan fingerprint density at radius 2 is 1.87 bits per heavy atom. The summed E-state index contributed by atoms with van der Waals surface area (Å²) in [5.74, 6) is 0.716. The van der Waals surface area contributed by atoms with Crippen molar-refractivity contribution in [1.29, 1.82) is 0 Å². The smallest absolute Gasteiger partial charge is 0.242 e. The van der Waals surface area contributed by atoms with Crippen LogP contribution in [0.1, 0.15) is 44.6 Å². The molecule has 2 rings (SSSR count). The normalized spacial score (nSPS) is 16.4. The van der Waals surface area contributed by atoms with Crippen LogP contribution in [0.2, 0.25) is 0 Å². The van der Waals surface area contributed by atoms with Gasteiger partial charge in [0.2, 0.25) is 10.0 Å². The number of hydrogen-bond donors (Lipinski definition) is 2. The van der Waals surface area contributed by atoms with Gasteiger partial charge in [0.15, 0.2) is 5.96 Å². The molecular formula is C21H37IN4O3S. The molecule has 7 nitrogen and oxygen atoms in total. The van der Waals surface area contributed by atoms with Crippen LogP contribution in [-0.2, 0) is 21.3 Å². The largest absolute Gasteiger partial charge is 0.385 e. The lowest BCUT2D eigenvalue weighted by molar-refractivity contribution is 0.138. The van der Waals surface area contributed by atoms with Gasteiger partial charge < -0.3 is 15.4 Å². The number of methoxy groups -OCH3 is 1. The SMILES string of the molecule is CCNC(=NCc1ccccc1S(=O)(=O)N(C)C)NCC1(CCOC)CCCC1.I. The Morgan fingerprint density at radius 1 is 1.20 bits per heavy atom. The molecule has 0 radical (unpaired) electrons. The third-order valence-corrected chi connectivity index (χ3v) is 7.53. The molecule has 0 saturated heterocycles. The van der Waals surface area contributed by atoms with Crippen LogP contribution >= 0.6 is 24.0 Å². The zero-order valence-corrected chi connectivity index (χ0v) is 21.8. The van der Waals surface area contributed by atoms with Gasteiger partial charge in [0.1, 0.15) is 0 Å². The molecule has 1 fully saturated rings. The molecule has 0 aromatic heterocycles. The van der Waals surface area contributed by atoms with Gasteiger partial charge in [-0.25, -0.2) is 17.7 Å². The summed E-state index contributed by atoms with van der Waals surface area (Å²) >= 11 is 0. The van der Waals surface area contributed by atoms with Crippen molar-refractivity contribution in [2.75, 3.05) is 40.9 Å². The molecule has 0 spiro atoms. The highest BCUT2D eigenvalue weighted by Gasteiger charge is 2.33. The summed E-state index contributed by atoms with van der Waals surface area (Å²) in [5.41, 5.74) is 0.937. The lowest BCUT2D eigenvalue weighted by Gasteiger charge is -2.30. The van der Waals surface area contributed by atoms with Crippen LogP contribution < -0.4 is 10.6 Å². The van der Waals surface area contributed by atoms with Crippen LogP contribution in [0, 0.1) is 5.41 Å². The van der Waals surface area contributed by atoms with Crippen molar-refractivity contribution in [3.05, 3.63) is 29.8 Å². The predicted octanol–water partition coefficient (Wildman–Crippen LogP) is 3.21. The molecule has 30 heavy (non-hydrogen) atoms. The van der Waals surface area contributed by atoms with E-state index in [2.05, 4.69) is 15.6 Å². The van der Waals surface area contributed by atoms with Gasteiger partial charge in [-0.05, 0) is 43.2 Å². The van der Waals surface area contributed by atoms with E-state index in [1.165, 1.54) is 30.0 Å². The molecule has 1 aliphatic rings. The first-order valence-electron chi connectivity index (χ1n) is 10.4. The van der Waals surface area contributed by atoms with Crippen LogP contribution in [0.25, 0.3) is 0 Å². The number of ether oxygens (including phenoxy) is 1. The van der Waals surface area contributed by atoms with Crippen LogP contribution in [0.15, 0.2) is 34.2 Å². The zero-order valence-electron chi connectivity index (χ0n) is 18.6. The minimum Gasteiger partial charge on any atom is -0.385 e. The summed E-state index contributed by atoms with van der Waals surface area (Å²) < 4.78 is 31.8. The maximum Gasteiger partial charge on any atom is 0.242 e. The summed E-state index contributed by atoms with van der Waals surface area (Å²) in [5, 5.41) is 6.77. The van der Waals surface area contributed by atoms with E-state index in [0.717, 1.165) is 26.1 Å². The molecule has 172 valence electrons. The van der Waals surface area contributed by atoms with Gasteiger partial charge in [-0.3, -0.25) is 0 Å². The number of guanidine groups is 1. The highest BCUT2D eigenvalue weighted by Crippen LogP contribution is 2.40. The van der Waals surface area contributed by atoms with Gasteiger partial charge in [0.05, 0.1) is 11.4 Å². The molecule has 0 aliphatic heterocycles. The van der Waals surface area contributed by atoms with Crippen molar-refractivity contribution in [2.45, 2.75) is 50.5 Å². The van der Waals surface area contributed by atoms with Crippen molar-refractivity contribution >= 4 is 40.0 Å². The van der Waals surface area contributed by atoms with E-state index in [-0.39, 0.29) is 29.4 Å². The molecule has 0 bridgehead atoms. The number of nitrogens with zero attached hydrogens (tertiary/aromatic N) is 2. The van der Waals surface area contributed by atoms with E-state index in [4.69, 9.17) is 4.74 Å². The summed E-state index contributed by atoms with van der Waals surface area (Å²) in [6, 6.07) is 7.05. The van der Waals surface area contributed by atoms with Gasteiger partial charge in [-0.15, -0.1) is 24.0 Å². The number of nitrogens with one attached hydrogen (secondary N) is 2. The van der Waals surface area contributed by atoms with E-state index in [9.17, 15) is 8.42 Å². The Balaban J connectivity index is 0.00000450. The number of rotatable bonds is 10. The fourth-order valence-electron chi connectivity index (χ4n) is 3.82. The quantitative estimate of drug-likeness (QED) is 0.265. The Labute approximate surface area is 199 Å². The third kappa shape index (κ3) is 7.35. The minimum atomic E-state index is -3.50. The summed E-state index contributed by atoms with van der Waals surface area (Å²) in [6.07, 6.45) is 5.96. The van der Waals surface area contributed by atoms with Crippen LogP contribution in [0.4, 0.5) is 0 Å². The van der Waals surface area contributed by atoms with Crippen molar-refractivity contribution in [1.82, 2.24) is 14.9 Å². The third-order valence-electron chi connectivity index (χ3n) is 5.61. The van der Waals surface area contributed by atoms with Crippen LogP contribution in [-0.4, -0.2) is 59.6 Å².